The van der Waals surface area contributed by atoms with Gasteiger partial charge in [0, 0.05) is 19.1 Å². The third kappa shape index (κ3) is 3.48. The van der Waals surface area contributed by atoms with Gasteiger partial charge in [0.15, 0.2) is 0 Å². The molecule has 0 aromatic heterocycles. The summed E-state index contributed by atoms with van der Waals surface area (Å²) in [7, 11) is 1.94. The molecule has 1 aliphatic carbocycles. The molecule has 0 aromatic rings. The van der Waals surface area contributed by atoms with Crippen LogP contribution in [-0.2, 0) is 4.79 Å². The van der Waals surface area contributed by atoms with Crippen molar-refractivity contribution in [1.82, 2.24) is 4.90 Å². The van der Waals surface area contributed by atoms with E-state index in [0.29, 0.717) is 6.04 Å². The van der Waals surface area contributed by atoms with Crippen molar-refractivity contribution in [2.75, 3.05) is 7.05 Å². The Hall–Kier alpha value is -0.570. The summed E-state index contributed by atoms with van der Waals surface area (Å²) in [5.74, 6) is 0.148. The largest absolute Gasteiger partial charge is 0.342 e. The van der Waals surface area contributed by atoms with Gasteiger partial charge in [0.1, 0.15) is 0 Å². The van der Waals surface area contributed by atoms with E-state index in [1.54, 1.807) is 0 Å². The Kier molecular flexibility index (Phi) is 5.26. The summed E-state index contributed by atoms with van der Waals surface area (Å²) in [6.07, 6.45) is 7.48. The first-order chi connectivity index (χ1) is 7.54. The van der Waals surface area contributed by atoms with Crippen LogP contribution >= 0.6 is 0 Å². The molecule has 16 heavy (non-hydrogen) atoms. The third-order valence-corrected chi connectivity index (χ3v) is 3.90. The van der Waals surface area contributed by atoms with E-state index in [2.05, 4.69) is 0 Å². The number of hydrogen-bond acceptors (Lipinski definition) is 2. The number of hydrogen-bond donors (Lipinski definition) is 1. The van der Waals surface area contributed by atoms with E-state index in [1.807, 2.05) is 25.8 Å². The van der Waals surface area contributed by atoms with Crippen LogP contribution in [0.25, 0.3) is 0 Å². The van der Waals surface area contributed by atoms with Gasteiger partial charge in [-0.1, -0.05) is 32.6 Å². The van der Waals surface area contributed by atoms with Gasteiger partial charge in [0.25, 0.3) is 0 Å². The normalized spacial score (nSPS) is 22.2. The van der Waals surface area contributed by atoms with Crippen LogP contribution < -0.4 is 5.73 Å². The molecular formula is C13H26N2O. The number of rotatable bonds is 3. The first-order valence-electron chi connectivity index (χ1n) is 6.56. The second-order valence-electron chi connectivity index (χ2n) is 5.24. The predicted molar refractivity (Wildman–Crippen MR) is 67.1 cm³/mol. The lowest BCUT2D eigenvalue weighted by atomic mass is 10.0. The highest BCUT2D eigenvalue weighted by Gasteiger charge is 2.26. The first kappa shape index (κ1) is 13.5. The highest BCUT2D eigenvalue weighted by atomic mass is 16.2. The van der Waals surface area contributed by atoms with Gasteiger partial charge < -0.3 is 10.6 Å². The van der Waals surface area contributed by atoms with Crippen LogP contribution in [0.2, 0.25) is 0 Å². The number of carbonyl (C=O) groups is 1. The molecular weight excluding hydrogens is 200 g/mol. The van der Waals surface area contributed by atoms with Crippen LogP contribution in [0.3, 0.4) is 0 Å². The Labute approximate surface area is 99.4 Å². The van der Waals surface area contributed by atoms with Crippen LogP contribution in [0.5, 0.6) is 0 Å². The van der Waals surface area contributed by atoms with Gasteiger partial charge in [0.2, 0.25) is 5.91 Å². The van der Waals surface area contributed by atoms with E-state index in [-0.39, 0.29) is 17.9 Å². The zero-order valence-corrected chi connectivity index (χ0v) is 10.9. The Morgan fingerprint density at radius 3 is 2.12 bits per heavy atom. The maximum absolute atomic E-state index is 12.1. The lowest BCUT2D eigenvalue weighted by molar-refractivity contribution is -0.136. The fourth-order valence-corrected chi connectivity index (χ4v) is 2.37. The fraction of sp³-hybridized carbons (Fsp3) is 0.923. The highest BCUT2D eigenvalue weighted by molar-refractivity contribution is 5.79. The minimum Gasteiger partial charge on any atom is -0.342 e. The van der Waals surface area contributed by atoms with Gasteiger partial charge in [-0.3, -0.25) is 4.79 Å². The zero-order valence-electron chi connectivity index (χ0n) is 10.9. The van der Waals surface area contributed by atoms with Crippen LogP contribution in [0.15, 0.2) is 0 Å². The quantitative estimate of drug-likeness (QED) is 0.750. The summed E-state index contributed by atoms with van der Waals surface area (Å²) in [6.45, 7) is 3.84. The molecule has 3 nitrogen and oxygen atoms in total. The second kappa shape index (κ2) is 6.24. The lowest BCUT2D eigenvalue weighted by Gasteiger charge is -2.30. The van der Waals surface area contributed by atoms with Crippen molar-refractivity contribution in [3.05, 3.63) is 0 Å². The van der Waals surface area contributed by atoms with E-state index in [1.165, 1.54) is 25.7 Å². The lowest BCUT2D eigenvalue weighted by Crippen LogP contribution is -2.44. The van der Waals surface area contributed by atoms with Gasteiger partial charge in [-0.05, 0) is 19.8 Å². The first-order valence-corrected chi connectivity index (χ1v) is 6.56. The molecule has 1 rings (SSSR count). The smallest absolute Gasteiger partial charge is 0.226 e. The van der Waals surface area contributed by atoms with Crippen molar-refractivity contribution in [2.45, 2.75) is 64.5 Å². The summed E-state index contributed by atoms with van der Waals surface area (Å²) in [5, 5.41) is 0. The molecule has 2 atom stereocenters. The van der Waals surface area contributed by atoms with Gasteiger partial charge in [-0.2, -0.15) is 0 Å². The van der Waals surface area contributed by atoms with Gasteiger partial charge >= 0.3 is 0 Å². The Bertz CT molecular complexity index is 220. The van der Waals surface area contributed by atoms with Crippen LogP contribution in [0.4, 0.5) is 0 Å². The zero-order chi connectivity index (χ0) is 12.1. The van der Waals surface area contributed by atoms with E-state index in [4.69, 9.17) is 5.73 Å². The average molecular weight is 226 g/mol. The molecule has 0 aromatic carbocycles. The summed E-state index contributed by atoms with van der Waals surface area (Å²) in [4.78, 5) is 14.1. The van der Waals surface area contributed by atoms with Crippen molar-refractivity contribution in [3.8, 4) is 0 Å². The molecule has 94 valence electrons. The molecule has 0 heterocycles. The molecule has 0 spiro atoms. The summed E-state index contributed by atoms with van der Waals surface area (Å²) >= 11 is 0. The van der Waals surface area contributed by atoms with Gasteiger partial charge in [-0.25, -0.2) is 0 Å². The van der Waals surface area contributed by atoms with E-state index < -0.39 is 0 Å². The van der Waals surface area contributed by atoms with E-state index in [9.17, 15) is 4.79 Å². The monoisotopic (exact) mass is 226 g/mol. The minimum atomic E-state index is -0.0618. The van der Waals surface area contributed by atoms with Crippen molar-refractivity contribution in [2.24, 2.45) is 11.7 Å². The number of nitrogens with zero attached hydrogens (tertiary/aromatic N) is 1. The van der Waals surface area contributed by atoms with Crippen molar-refractivity contribution in [1.29, 1.82) is 0 Å². The molecule has 0 radical (unpaired) electrons. The van der Waals surface area contributed by atoms with Gasteiger partial charge in [0.05, 0.1) is 5.92 Å². The van der Waals surface area contributed by atoms with Crippen molar-refractivity contribution < 1.29 is 4.79 Å². The third-order valence-electron chi connectivity index (χ3n) is 3.90. The van der Waals surface area contributed by atoms with Crippen molar-refractivity contribution >= 4 is 5.91 Å². The van der Waals surface area contributed by atoms with E-state index in [0.717, 1.165) is 12.8 Å². The molecule has 2 N–H and O–H groups in total. The van der Waals surface area contributed by atoms with E-state index >= 15 is 0 Å². The molecule has 3 heteroatoms. The SMILES string of the molecule is CC(N)C(C)C(=O)N(C)C1CCCCCC1. The molecule has 0 aliphatic heterocycles. The molecule has 1 aliphatic rings. The van der Waals surface area contributed by atoms with Crippen molar-refractivity contribution in [3.63, 3.8) is 0 Å². The Morgan fingerprint density at radius 1 is 1.19 bits per heavy atom. The molecule has 2 unspecified atom stereocenters. The maximum atomic E-state index is 12.1. The summed E-state index contributed by atoms with van der Waals surface area (Å²) < 4.78 is 0. The molecule has 0 saturated heterocycles. The number of amides is 1. The summed E-state index contributed by atoms with van der Waals surface area (Å²) in [6, 6.07) is 0.386. The standard InChI is InChI=1S/C13H26N2O/c1-10(11(2)14)13(16)15(3)12-8-6-4-5-7-9-12/h10-12H,4-9,14H2,1-3H3. The maximum Gasteiger partial charge on any atom is 0.226 e. The number of nitrogens with two attached hydrogens (primary N) is 1. The molecule has 1 fully saturated rings. The Morgan fingerprint density at radius 2 is 1.69 bits per heavy atom. The minimum absolute atomic E-state index is 0.0549. The molecule has 0 bridgehead atoms. The average Bonchev–Trinajstić information content (AvgIpc) is 2.54. The molecule has 1 saturated carbocycles. The van der Waals surface area contributed by atoms with Crippen LogP contribution in [0.1, 0.15) is 52.4 Å². The van der Waals surface area contributed by atoms with Crippen LogP contribution in [0, 0.1) is 5.92 Å². The highest BCUT2D eigenvalue weighted by Crippen LogP contribution is 2.22. The molecule has 1 amide bonds. The topological polar surface area (TPSA) is 46.3 Å². The van der Waals surface area contributed by atoms with Crippen LogP contribution in [-0.4, -0.2) is 29.9 Å². The number of carbonyl (C=O) groups excluding carboxylic acids is 1. The van der Waals surface area contributed by atoms with Gasteiger partial charge in [-0.15, -0.1) is 0 Å². The summed E-state index contributed by atoms with van der Waals surface area (Å²) in [5.41, 5.74) is 5.79. The Balaban J connectivity index is 2.54. The second-order valence-corrected chi connectivity index (χ2v) is 5.24. The fourth-order valence-electron chi connectivity index (χ4n) is 2.37. The predicted octanol–water partition coefficient (Wildman–Crippen LogP) is 2.15.